The topological polar surface area (TPSA) is 45.2 Å². The lowest BCUT2D eigenvalue weighted by atomic mass is 10.0. The van der Waals surface area contributed by atoms with Crippen LogP contribution < -0.4 is 5.32 Å². The van der Waals surface area contributed by atoms with Crippen molar-refractivity contribution in [3.05, 3.63) is 57.9 Å². The molecule has 6 heteroatoms. The fraction of sp³-hybridized carbons (Fsp3) is 0.188. The summed E-state index contributed by atoms with van der Waals surface area (Å²) in [5.41, 5.74) is 2.93. The van der Waals surface area contributed by atoms with Gasteiger partial charge in [0.1, 0.15) is 11.6 Å². The van der Waals surface area contributed by atoms with Gasteiger partial charge in [-0.25, -0.2) is 4.39 Å². The SMILES string of the molecule is Cl.Oc1cccc(C=C(F)c2cc3c(cn2)CNCC3)c1Cl. The molecule has 0 saturated heterocycles. The second-order valence-electron chi connectivity index (χ2n) is 4.94. The molecular formula is C16H15Cl2FN2O. The van der Waals surface area contributed by atoms with Crippen molar-refractivity contribution in [1.29, 1.82) is 0 Å². The Labute approximate surface area is 139 Å². The summed E-state index contributed by atoms with van der Waals surface area (Å²) >= 11 is 5.95. The number of benzene rings is 1. The molecule has 0 atom stereocenters. The highest BCUT2D eigenvalue weighted by atomic mass is 35.5. The van der Waals surface area contributed by atoms with Gasteiger partial charge in [-0.05, 0) is 47.9 Å². The third-order valence-electron chi connectivity index (χ3n) is 3.50. The monoisotopic (exact) mass is 340 g/mol. The first-order valence-corrected chi connectivity index (χ1v) is 7.06. The summed E-state index contributed by atoms with van der Waals surface area (Å²) in [6, 6.07) is 6.50. The molecule has 22 heavy (non-hydrogen) atoms. The van der Waals surface area contributed by atoms with Crippen molar-refractivity contribution < 1.29 is 9.50 Å². The van der Waals surface area contributed by atoms with Gasteiger partial charge in [0.05, 0.1) is 10.7 Å². The quantitative estimate of drug-likeness (QED) is 0.869. The van der Waals surface area contributed by atoms with Crippen LogP contribution in [0.5, 0.6) is 5.75 Å². The van der Waals surface area contributed by atoms with E-state index in [1.807, 2.05) is 0 Å². The molecule has 3 rings (SSSR count). The van der Waals surface area contributed by atoms with Gasteiger partial charge in [-0.2, -0.15) is 0 Å². The number of hydrogen-bond donors (Lipinski definition) is 2. The van der Waals surface area contributed by atoms with Gasteiger partial charge in [-0.1, -0.05) is 23.7 Å². The van der Waals surface area contributed by atoms with E-state index < -0.39 is 5.83 Å². The van der Waals surface area contributed by atoms with Crippen molar-refractivity contribution in [2.45, 2.75) is 13.0 Å². The lowest BCUT2D eigenvalue weighted by Gasteiger charge is -2.16. The predicted molar refractivity (Wildman–Crippen MR) is 89.0 cm³/mol. The fourth-order valence-electron chi connectivity index (χ4n) is 2.35. The lowest BCUT2D eigenvalue weighted by molar-refractivity contribution is 0.475. The van der Waals surface area contributed by atoms with E-state index in [0.29, 0.717) is 5.56 Å². The number of phenols is 1. The van der Waals surface area contributed by atoms with Crippen molar-refractivity contribution in [3.63, 3.8) is 0 Å². The zero-order valence-electron chi connectivity index (χ0n) is 11.6. The van der Waals surface area contributed by atoms with E-state index in [-0.39, 0.29) is 28.9 Å². The number of aromatic nitrogens is 1. The van der Waals surface area contributed by atoms with E-state index in [2.05, 4.69) is 10.3 Å². The Balaban J connectivity index is 0.00000176. The first-order valence-electron chi connectivity index (χ1n) is 6.68. The smallest absolute Gasteiger partial charge is 0.149 e. The lowest BCUT2D eigenvalue weighted by Crippen LogP contribution is -2.23. The molecular weight excluding hydrogens is 326 g/mol. The highest BCUT2D eigenvalue weighted by molar-refractivity contribution is 6.33. The number of halogens is 3. The standard InChI is InChI=1S/C16H14ClFN2O.ClH/c17-16-11(2-1-3-15(16)21)6-13(18)14-7-10-4-5-19-8-12(10)9-20-14;/h1-3,6-7,9,19,21H,4-5,8H2;1H. The first-order chi connectivity index (χ1) is 10.1. The third-order valence-corrected chi connectivity index (χ3v) is 3.92. The number of phenolic OH excluding ortho intramolecular Hbond substituents is 1. The number of hydrogen-bond acceptors (Lipinski definition) is 3. The number of nitrogens with zero attached hydrogens (tertiary/aromatic N) is 1. The summed E-state index contributed by atoms with van der Waals surface area (Å²) in [6.07, 6.45) is 3.86. The molecule has 0 bridgehead atoms. The van der Waals surface area contributed by atoms with Crippen LogP contribution in [-0.2, 0) is 13.0 Å². The van der Waals surface area contributed by atoms with Crippen LogP contribution in [0.1, 0.15) is 22.4 Å². The molecule has 116 valence electrons. The molecule has 2 N–H and O–H groups in total. The molecule has 1 aliphatic heterocycles. The van der Waals surface area contributed by atoms with Gasteiger partial charge < -0.3 is 10.4 Å². The fourth-order valence-corrected chi connectivity index (χ4v) is 2.53. The number of fused-ring (bicyclic) bond motifs is 1. The molecule has 0 fully saturated rings. The average molecular weight is 341 g/mol. The van der Waals surface area contributed by atoms with E-state index in [1.165, 1.54) is 12.1 Å². The number of nitrogens with one attached hydrogen (secondary N) is 1. The Bertz CT molecular complexity index is 719. The third kappa shape index (κ3) is 3.40. The highest BCUT2D eigenvalue weighted by Gasteiger charge is 2.12. The molecule has 3 nitrogen and oxygen atoms in total. The van der Waals surface area contributed by atoms with Gasteiger partial charge in [0, 0.05) is 12.7 Å². The minimum atomic E-state index is -0.469. The van der Waals surface area contributed by atoms with Gasteiger partial charge in [-0.3, -0.25) is 4.98 Å². The van der Waals surface area contributed by atoms with E-state index >= 15 is 0 Å². The first kappa shape index (κ1) is 16.7. The van der Waals surface area contributed by atoms with Crippen LogP contribution >= 0.6 is 24.0 Å². The largest absolute Gasteiger partial charge is 0.506 e. The number of aromatic hydroxyl groups is 1. The summed E-state index contributed by atoms with van der Waals surface area (Å²) < 4.78 is 14.3. The van der Waals surface area contributed by atoms with Gasteiger partial charge in [0.25, 0.3) is 0 Å². The molecule has 0 saturated carbocycles. The molecule has 1 aromatic heterocycles. The van der Waals surface area contributed by atoms with Crippen LogP contribution in [0.4, 0.5) is 4.39 Å². The van der Waals surface area contributed by atoms with E-state index in [9.17, 15) is 9.50 Å². The van der Waals surface area contributed by atoms with E-state index in [4.69, 9.17) is 11.6 Å². The summed E-state index contributed by atoms with van der Waals surface area (Å²) in [5, 5.41) is 12.9. The van der Waals surface area contributed by atoms with Gasteiger partial charge >= 0.3 is 0 Å². The summed E-state index contributed by atoms with van der Waals surface area (Å²) in [7, 11) is 0. The van der Waals surface area contributed by atoms with Crippen molar-refractivity contribution in [2.75, 3.05) is 6.54 Å². The summed E-state index contributed by atoms with van der Waals surface area (Å²) in [5.74, 6) is -0.536. The van der Waals surface area contributed by atoms with Crippen molar-refractivity contribution in [3.8, 4) is 5.75 Å². The van der Waals surface area contributed by atoms with E-state index in [0.717, 1.165) is 30.6 Å². The van der Waals surface area contributed by atoms with E-state index in [1.54, 1.807) is 24.4 Å². The molecule has 0 radical (unpaired) electrons. The van der Waals surface area contributed by atoms with Crippen LogP contribution in [0.25, 0.3) is 11.9 Å². The minimum Gasteiger partial charge on any atom is -0.506 e. The Morgan fingerprint density at radius 1 is 1.36 bits per heavy atom. The number of rotatable bonds is 2. The highest BCUT2D eigenvalue weighted by Crippen LogP contribution is 2.30. The van der Waals surface area contributed by atoms with Crippen LogP contribution in [0.3, 0.4) is 0 Å². The zero-order chi connectivity index (χ0) is 14.8. The van der Waals surface area contributed by atoms with Crippen molar-refractivity contribution >= 4 is 35.9 Å². The molecule has 0 amide bonds. The summed E-state index contributed by atoms with van der Waals surface area (Å²) in [6.45, 7) is 1.66. The Morgan fingerprint density at radius 2 is 2.18 bits per heavy atom. The summed E-state index contributed by atoms with van der Waals surface area (Å²) in [4.78, 5) is 4.15. The Morgan fingerprint density at radius 3 is 3.00 bits per heavy atom. The normalized spacial score (nSPS) is 14.2. The van der Waals surface area contributed by atoms with Crippen LogP contribution in [0.15, 0.2) is 30.5 Å². The van der Waals surface area contributed by atoms with Crippen LogP contribution in [0, 0.1) is 0 Å². The van der Waals surface area contributed by atoms with Gasteiger partial charge in [0.2, 0.25) is 0 Å². The van der Waals surface area contributed by atoms with Crippen molar-refractivity contribution in [2.24, 2.45) is 0 Å². The number of pyridine rings is 1. The second-order valence-corrected chi connectivity index (χ2v) is 5.32. The molecule has 1 aliphatic rings. The van der Waals surface area contributed by atoms with Crippen LogP contribution in [-0.4, -0.2) is 16.6 Å². The van der Waals surface area contributed by atoms with Crippen LogP contribution in [0.2, 0.25) is 5.02 Å². The molecule has 0 aliphatic carbocycles. The zero-order valence-corrected chi connectivity index (χ0v) is 13.2. The van der Waals surface area contributed by atoms with Gasteiger partial charge in [0.15, 0.2) is 0 Å². The molecule has 2 aromatic rings. The predicted octanol–water partition coefficient (Wildman–Crippen LogP) is 3.98. The molecule has 0 unspecified atom stereocenters. The Hall–Kier alpha value is -1.62. The van der Waals surface area contributed by atoms with Crippen molar-refractivity contribution in [1.82, 2.24) is 10.3 Å². The molecule has 0 spiro atoms. The minimum absolute atomic E-state index is 0. The molecule has 1 aromatic carbocycles. The maximum Gasteiger partial charge on any atom is 0.149 e. The molecule has 2 heterocycles. The van der Waals surface area contributed by atoms with Gasteiger partial charge in [-0.15, -0.1) is 12.4 Å². The Kier molecular flexibility index (Phi) is 5.40. The second kappa shape index (κ2) is 7.09. The maximum atomic E-state index is 14.3. The average Bonchev–Trinajstić information content (AvgIpc) is 2.51. The maximum absolute atomic E-state index is 14.3.